The van der Waals surface area contributed by atoms with Crippen molar-refractivity contribution in [3.8, 4) is 0 Å². The van der Waals surface area contributed by atoms with Crippen LogP contribution in [-0.2, 0) is 0 Å². The molecule has 1 unspecified atom stereocenters. The Labute approximate surface area is 89.4 Å². The van der Waals surface area contributed by atoms with E-state index in [1.54, 1.807) is 0 Å². The predicted octanol–water partition coefficient (Wildman–Crippen LogP) is 1.86. The fourth-order valence-corrected chi connectivity index (χ4v) is 1.81. The van der Waals surface area contributed by atoms with Gasteiger partial charge in [-0.25, -0.2) is 0 Å². The molecule has 1 rings (SSSR count). The number of hydrogen-bond donors (Lipinski definition) is 1. The average molecular weight is 250 g/mol. The maximum Gasteiger partial charge on any atom is 0.0763 e. The van der Waals surface area contributed by atoms with E-state index in [1.165, 1.54) is 12.8 Å². The van der Waals surface area contributed by atoms with Gasteiger partial charge < -0.3 is 5.11 Å². The first kappa shape index (κ1) is 11.5. The SMILES string of the molecule is CC(C)CN(CC(O)CBr)C1CC1. The fourth-order valence-electron chi connectivity index (χ4n) is 1.60. The molecule has 1 atom stereocenters. The number of nitrogens with zero attached hydrogens (tertiary/aromatic N) is 1. The van der Waals surface area contributed by atoms with Gasteiger partial charge in [0.05, 0.1) is 6.10 Å². The second-order valence-corrected chi connectivity index (χ2v) is 5.03. The van der Waals surface area contributed by atoms with Crippen LogP contribution < -0.4 is 0 Å². The number of halogens is 1. The molecule has 0 spiro atoms. The summed E-state index contributed by atoms with van der Waals surface area (Å²) in [5.74, 6) is 0.697. The van der Waals surface area contributed by atoms with Gasteiger partial charge in [-0.1, -0.05) is 29.8 Å². The van der Waals surface area contributed by atoms with Crippen molar-refractivity contribution in [2.24, 2.45) is 5.92 Å². The first-order chi connectivity index (χ1) is 6.13. The number of aliphatic hydroxyl groups excluding tert-OH is 1. The van der Waals surface area contributed by atoms with E-state index in [0.717, 1.165) is 19.1 Å². The van der Waals surface area contributed by atoms with Gasteiger partial charge in [-0.3, -0.25) is 4.90 Å². The average Bonchev–Trinajstić information content (AvgIpc) is 2.84. The highest BCUT2D eigenvalue weighted by molar-refractivity contribution is 9.09. The van der Waals surface area contributed by atoms with E-state index in [1.807, 2.05) is 0 Å². The molecule has 2 nitrogen and oxygen atoms in total. The molecular weight excluding hydrogens is 230 g/mol. The van der Waals surface area contributed by atoms with E-state index in [2.05, 4.69) is 34.7 Å². The standard InChI is InChI=1S/C10H20BrNO/c1-8(2)6-12(9-3-4-9)7-10(13)5-11/h8-10,13H,3-7H2,1-2H3. The van der Waals surface area contributed by atoms with Gasteiger partial charge in [0, 0.05) is 24.5 Å². The van der Waals surface area contributed by atoms with Crippen molar-refractivity contribution in [1.82, 2.24) is 4.90 Å². The zero-order chi connectivity index (χ0) is 9.84. The van der Waals surface area contributed by atoms with E-state index in [-0.39, 0.29) is 6.10 Å². The highest BCUT2D eigenvalue weighted by Crippen LogP contribution is 2.27. The van der Waals surface area contributed by atoms with E-state index in [9.17, 15) is 5.11 Å². The minimum atomic E-state index is -0.209. The summed E-state index contributed by atoms with van der Waals surface area (Å²) in [7, 11) is 0. The quantitative estimate of drug-likeness (QED) is 0.727. The molecule has 1 saturated carbocycles. The molecule has 0 aliphatic heterocycles. The summed E-state index contributed by atoms with van der Waals surface area (Å²) in [6, 6.07) is 0.760. The van der Waals surface area contributed by atoms with Crippen LogP contribution in [0.5, 0.6) is 0 Å². The maximum absolute atomic E-state index is 9.53. The molecular formula is C10H20BrNO. The summed E-state index contributed by atoms with van der Waals surface area (Å²) in [5, 5.41) is 10.2. The highest BCUT2D eigenvalue weighted by atomic mass is 79.9. The zero-order valence-electron chi connectivity index (χ0n) is 8.54. The van der Waals surface area contributed by atoms with Crippen LogP contribution >= 0.6 is 15.9 Å². The Morgan fingerprint density at radius 3 is 2.38 bits per heavy atom. The van der Waals surface area contributed by atoms with Crippen LogP contribution in [-0.4, -0.2) is 40.6 Å². The number of rotatable bonds is 6. The molecule has 3 heteroatoms. The lowest BCUT2D eigenvalue weighted by atomic mass is 10.2. The van der Waals surface area contributed by atoms with Gasteiger partial charge >= 0.3 is 0 Å². The molecule has 1 fully saturated rings. The lowest BCUT2D eigenvalue weighted by molar-refractivity contribution is 0.118. The first-order valence-corrected chi connectivity index (χ1v) is 6.23. The smallest absolute Gasteiger partial charge is 0.0763 e. The lowest BCUT2D eigenvalue weighted by Gasteiger charge is -2.25. The largest absolute Gasteiger partial charge is 0.391 e. The van der Waals surface area contributed by atoms with Crippen molar-refractivity contribution in [2.75, 3.05) is 18.4 Å². The van der Waals surface area contributed by atoms with E-state index in [0.29, 0.717) is 11.2 Å². The summed E-state index contributed by atoms with van der Waals surface area (Å²) in [5.41, 5.74) is 0. The second-order valence-electron chi connectivity index (χ2n) is 4.39. The van der Waals surface area contributed by atoms with Crippen molar-refractivity contribution in [2.45, 2.75) is 38.8 Å². The Morgan fingerprint density at radius 1 is 1.38 bits per heavy atom. The summed E-state index contributed by atoms with van der Waals surface area (Å²) in [6.07, 6.45) is 2.43. The molecule has 0 aromatic rings. The summed E-state index contributed by atoms with van der Waals surface area (Å²) in [6.45, 7) is 6.41. The van der Waals surface area contributed by atoms with Crippen molar-refractivity contribution < 1.29 is 5.11 Å². The molecule has 0 bridgehead atoms. The molecule has 0 amide bonds. The molecule has 0 aromatic heterocycles. The van der Waals surface area contributed by atoms with Crippen molar-refractivity contribution >= 4 is 15.9 Å². The van der Waals surface area contributed by atoms with Crippen molar-refractivity contribution in [1.29, 1.82) is 0 Å². The summed E-state index contributed by atoms with van der Waals surface area (Å²) in [4.78, 5) is 2.43. The number of hydrogen-bond acceptors (Lipinski definition) is 2. The Morgan fingerprint density at radius 2 is 2.00 bits per heavy atom. The lowest BCUT2D eigenvalue weighted by Crippen LogP contribution is -2.37. The van der Waals surface area contributed by atoms with Gasteiger partial charge in [0.25, 0.3) is 0 Å². The monoisotopic (exact) mass is 249 g/mol. The van der Waals surface area contributed by atoms with Gasteiger partial charge in [-0.15, -0.1) is 0 Å². The minimum Gasteiger partial charge on any atom is -0.391 e. The third-order valence-electron chi connectivity index (χ3n) is 2.29. The molecule has 78 valence electrons. The zero-order valence-corrected chi connectivity index (χ0v) is 10.1. The van der Waals surface area contributed by atoms with Crippen molar-refractivity contribution in [3.05, 3.63) is 0 Å². The highest BCUT2D eigenvalue weighted by Gasteiger charge is 2.30. The first-order valence-electron chi connectivity index (χ1n) is 5.11. The Bertz CT molecular complexity index is 148. The van der Waals surface area contributed by atoms with Gasteiger partial charge in [0.1, 0.15) is 0 Å². The number of aliphatic hydroxyl groups is 1. The van der Waals surface area contributed by atoms with Crippen LogP contribution in [0.15, 0.2) is 0 Å². The Balaban J connectivity index is 2.29. The molecule has 0 aromatic carbocycles. The van der Waals surface area contributed by atoms with E-state index >= 15 is 0 Å². The maximum atomic E-state index is 9.53. The van der Waals surface area contributed by atoms with Crippen LogP contribution in [0.4, 0.5) is 0 Å². The molecule has 0 radical (unpaired) electrons. The topological polar surface area (TPSA) is 23.5 Å². The molecule has 0 saturated heterocycles. The van der Waals surface area contributed by atoms with Crippen LogP contribution in [0.2, 0.25) is 0 Å². The van der Waals surface area contributed by atoms with E-state index in [4.69, 9.17) is 0 Å². The third-order valence-corrected chi connectivity index (χ3v) is 3.03. The van der Waals surface area contributed by atoms with Crippen LogP contribution in [0.1, 0.15) is 26.7 Å². The predicted molar refractivity (Wildman–Crippen MR) is 59.2 cm³/mol. The summed E-state index contributed by atoms with van der Waals surface area (Å²) >= 11 is 3.30. The molecule has 1 aliphatic rings. The summed E-state index contributed by atoms with van der Waals surface area (Å²) < 4.78 is 0. The molecule has 1 aliphatic carbocycles. The van der Waals surface area contributed by atoms with Crippen LogP contribution in [0, 0.1) is 5.92 Å². The van der Waals surface area contributed by atoms with Gasteiger partial charge in [0.15, 0.2) is 0 Å². The normalized spacial score (nSPS) is 19.8. The fraction of sp³-hybridized carbons (Fsp3) is 1.00. The van der Waals surface area contributed by atoms with Gasteiger partial charge in [-0.05, 0) is 18.8 Å². The minimum absolute atomic E-state index is 0.209. The molecule has 13 heavy (non-hydrogen) atoms. The second kappa shape index (κ2) is 5.32. The molecule has 0 heterocycles. The van der Waals surface area contributed by atoms with Gasteiger partial charge in [0.2, 0.25) is 0 Å². The van der Waals surface area contributed by atoms with E-state index < -0.39 is 0 Å². The molecule has 1 N–H and O–H groups in total. The van der Waals surface area contributed by atoms with Crippen molar-refractivity contribution in [3.63, 3.8) is 0 Å². The number of alkyl halides is 1. The Kier molecular flexibility index (Phi) is 4.70. The van der Waals surface area contributed by atoms with Gasteiger partial charge in [-0.2, -0.15) is 0 Å². The van der Waals surface area contributed by atoms with Crippen LogP contribution in [0.3, 0.4) is 0 Å². The Hall–Kier alpha value is 0.400. The van der Waals surface area contributed by atoms with Crippen LogP contribution in [0.25, 0.3) is 0 Å². The third kappa shape index (κ3) is 4.43.